The number of nitrogens with zero attached hydrogens (tertiary/aromatic N) is 1. The smallest absolute Gasteiger partial charge is 0.0443 e. The fourth-order valence-corrected chi connectivity index (χ4v) is 1.19. The standard InChI is InChI=1S/C9H21NO/c1-4-6-10(9(2)3)7-5-8-11/h9,11H,4-8H2,1-3H3. The molecular formula is C9H21NO. The molecule has 0 aliphatic heterocycles. The van der Waals surface area contributed by atoms with Crippen LogP contribution >= 0.6 is 0 Å². The molecule has 0 bridgehead atoms. The second-order valence-corrected chi connectivity index (χ2v) is 3.21. The van der Waals surface area contributed by atoms with Crippen LogP contribution in [0.25, 0.3) is 0 Å². The molecule has 0 atom stereocenters. The highest BCUT2D eigenvalue weighted by Crippen LogP contribution is 2.00. The van der Waals surface area contributed by atoms with Gasteiger partial charge in [-0.3, -0.25) is 0 Å². The molecule has 0 rings (SSSR count). The first kappa shape index (κ1) is 10.9. The Morgan fingerprint density at radius 3 is 2.27 bits per heavy atom. The molecule has 0 radical (unpaired) electrons. The first-order valence-electron chi connectivity index (χ1n) is 4.57. The van der Waals surface area contributed by atoms with Gasteiger partial charge >= 0.3 is 0 Å². The minimum atomic E-state index is 0.312. The second-order valence-electron chi connectivity index (χ2n) is 3.21. The molecule has 0 saturated carbocycles. The topological polar surface area (TPSA) is 23.5 Å². The van der Waals surface area contributed by atoms with Crippen molar-refractivity contribution in [3.05, 3.63) is 0 Å². The molecule has 0 aromatic carbocycles. The largest absolute Gasteiger partial charge is 0.396 e. The van der Waals surface area contributed by atoms with Gasteiger partial charge in [0, 0.05) is 19.2 Å². The molecule has 2 heteroatoms. The van der Waals surface area contributed by atoms with E-state index in [1.165, 1.54) is 6.42 Å². The summed E-state index contributed by atoms with van der Waals surface area (Å²) in [6.45, 7) is 9.08. The monoisotopic (exact) mass is 159 g/mol. The SMILES string of the molecule is CCCN(CCCO)C(C)C. The number of hydrogen-bond donors (Lipinski definition) is 1. The Labute approximate surface area is 70.2 Å². The van der Waals surface area contributed by atoms with Crippen LogP contribution in [0.4, 0.5) is 0 Å². The van der Waals surface area contributed by atoms with Crippen molar-refractivity contribution in [1.82, 2.24) is 4.90 Å². The summed E-state index contributed by atoms with van der Waals surface area (Å²) < 4.78 is 0. The van der Waals surface area contributed by atoms with E-state index in [9.17, 15) is 0 Å². The van der Waals surface area contributed by atoms with Gasteiger partial charge in [-0.25, -0.2) is 0 Å². The van der Waals surface area contributed by atoms with E-state index in [0.29, 0.717) is 12.6 Å². The summed E-state index contributed by atoms with van der Waals surface area (Å²) in [5.74, 6) is 0. The summed E-state index contributed by atoms with van der Waals surface area (Å²) in [7, 11) is 0. The van der Waals surface area contributed by atoms with Gasteiger partial charge in [0.1, 0.15) is 0 Å². The van der Waals surface area contributed by atoms with Gasteiger partial charge in [0.15, 0.2) is 0 Å². The van der Waals surface area contributed by atoms with Gasteiger partial charge in [-0.1, -0.05) is 6.92 Å². The second kappa shape index (κ2) is 6.62. The third-order valence-corrected chi connectivity index (χ3v) is 1.84. The average Bonchev–Trinajstić information content (AvgIpc) is 1.97. The maximum atomic E-state index is 8.64. The van der Waals surface area contributed by atoms with E-state index in [4.69, 9.17) is 5.11 Å². The van der Waals surface area contributed by atoms with E-state index in [-0.39, 0.29) is 0 Å². The molecule has 0 fully saturated rings. The molecule has 11 heavy (non-hydrogen) atoms. The lowest BCUT2D eigenvalue weighted by atomic mass is 10.2. The first-order valence-corrected chi connectivity index (χ1v) is 4.57. The van der Waals surface area contributed by atoms with Gasteiger partial charge in [-0.05, 0) is 33.2 Å². The lowest BCUT2D eigenvalue weighted by Crippen LogP contribution is -2.32. The zero-order valence-corrected chi connectivity index (χ0v) is 8.01. The third-order valence-electron chi connectivity index (χ3n) is 1.84. The van der Waals surface area contributed by atoms with Crippen molar-refractivity contribution >= 4 is 0 Å². The van der Waals surface area contributed by atoms with E-state index < -0.39 is 0 Å². The molecule has 0 heterocycles. The van der Waals surface area contributed by atoms with Gasteiger partial charge < -0.3 is 10.0 Å². The lowest BCUT2D eigenvalue weighted by Gasteiger charge is -2.25. The zero-order valence-electron chi connectivity index (χ0n) is 8.01. The Kier molecular flexibility index (Phi) is 6.57. The van der Waals surface area contributed by atoms with Crippen LogP contribution in [0.15, 0.2) is 0 Å². The summed E-state index contributed by atoms with van der Waals surface area (Å²) in [6, 6.07) is 0.612. The summed E-state index contributed by atoms with van der Waals surface area (Å²) in [5, 5.41) is 8.64. The Morgan fingerprint density at radius 2 is 1.91 bits per heavy atom. The summed E-state index contributed by atoms with van der Waals surface area (Å²) in [6.07, 6.45) is 2.10. The molecule has 0 aromatic rings. The molecule has 68 valence electrons. The van der Waals surface area contributed by atoms with Crippen LogP contribution in [-0.2, 0) is 0 Å². The van der Waals surface area contributed by atoms with Gasteiger partial charge in [-0.15, -0.1) is 0 Å². The van der Waals surface area contributed by atoms with Crippen LogP contribution in [0, 0.1) is 0 Å². The molecular weight excluding hydrogens is 138 g/mol. The predicted molar refractivity (Wildman–Crippen MR) is 48.7 cm³/mol. The Morgan fingerprint density at radius 1 is 1.27 bits per heavy atom. The quantitative estimate of drug-likeness (QED) is 0.634. The van der Waals surface area contributed by atoms with Gasteiger partial charge in [0.25, 0.3) is 0 Å². The molecule has 2 nitrogen and oxygen atoms in total. The molecule has 0 spiro atoms. The van der Waals surface area contributed by atoms with Crippen LogP contribution in [0.5, 0.6) is 0 Å². The lowest BCUT2D eigenvalue weighted by molar-refractivity contribution is 0.192. The summed E-state index contributed by atoms with van der Waals surface area (Å²) in [4.78, 5) is 2.40. The zero-order chi connectivity index (χ0) is 8.69. The van der Waals surface area contributed by atoms with Crippen molar-refractivity contribution in [2.24, 2.45) is 0 Å². The molecule has 0 unspecified atom stereocenters. The predicted octanol–water partition coefficient (Wildman–Crippen LogP) is 1.49. The van der Waals surface area contributed by atoms with Crippen molar-refractivity contribution in [3.8, 4) is 0 Å². The fraction of sp³-hybridized carbons (Fsp3) is 1.00. The van der Waals surface area contributed by atoms with Crippen molar-refractivity contribution in [2.75, 3.05) is 19.7 Å². The molecule has 1 N–H and O–H groups in total. The van der Waals surface area contributed by atoms with E-state index in [2.05, 4.69) is 25.7 Å². The van der Waals surface area contributed by atoms with E-state index >= 15 is 0 Å². The number of rotatable bonds is 6. The highest BCUT2D eigenvalue weighted by Gasteiger charge is 2.06. The van der Waals surface area contributed by atoms with Crippen LogP contribution in [0.1, 0.15) is 33.6 Å². The fourth-order valence-electron chi connectivity index (χ4n) is 1.19. The van der Waals surface area contributed by atoms with Crippen molar-refractivity contribution in [3.63, 3.8) is 0 Å². The summed E-state index contributed by atoms with van der Waals surface area (Å²) >= 11 is 0. The average molecular weight is 159 g/mol. The van der Waals surface area contributed by atoms with Gasteiger partial charge in [0.2, 0.25) is 0 Å². The summed E-state index contributed by atoms with van der Waals surface area (Å²) in [5.41, 5.74) is 0. The molecule has 0 aliphatic rings. The Hall–Kier alpha value is -0.0800. The highest BCUT2D eigenvalue weighted by atomic mass is 16.3. The van der Waals surface area contributed by atoms with Crippen LogP contribution < -0.4 is 0 Å². The van der Waals surface area contributed by atoms with E-state index in [0.717, 1.165) is 19.5 Å². The highest BCUT2D eigenvalue weighted by molar-refractivity contribution is 4.61. The number of aliphatic hydroxyl groups is 1. The van der Waals surface area contributed by atoms with Gasteiger partial charge in [-0.2, -0.15) is 0 Å². The molecule has 0 amide bonds. The molecule has 0 aliphatic carbocycles. The van der Waals surface area contributed by atoms with E-state index in [1.807, 2.05) is 0 Å². The van der Waals surface area contributed by atoms with E-state index in [1.54, 1.807) is 0 Å². The van der Waals surface area contributed by atoms with Crippen LogP contribution in [0.3, 0.4) is 0 Å². The molecule has 0 saturated heterocycles. The van der Waals surface area contributed by atoms with Crippen molar-refractivity contribution < 1.29 is 5.11 Å². The van der Waals surface area contributed by atoms with Crippen LogP contribution in [-0.4, -0.2) is 35.7 Å². The Balaban J connectivity index is 3.51. The Bertz CT molecular complexity index is 83.6. The van der Waals surface area contributed by atoms with Crippen molar-refractivity contribution in [2.45, 2.75) is 39.7 Å². The van der Waals surface area contributed by atoms with Crippen molar-refractivity contribution in [1.29, 1.82) is 0 Å². The third kappa shape index (κ3) is 5.22. The van der Waals surface area contributed by atoms with Crippen LogP contribution in [0.2, 0.25) is 0 Å². The minimum absolute atomic E-state index is 0.312. The molecule has 0 aromatic heterocycles. The maximum Gasteiger partial charge on any atom is 0.0443 e. The maximum absolute atomic E-state index is 8.64. The minimum Gasteiger partial charge on any atom is -0.396 e. The van der Waals surface area contributed by atoms with Gasteiger partial charge in [0.05, 0.1) is 0 Å². The number of hydrogen-bond acceptors (Lipinski definition) is 2. The normalized spacial score (nSPS) is 11.5. The number of aliphatic hydroxyl groups excluding tert-OH is 1. The first-order chi connectivity index (χ1) is 5.22.